The van der Waals surface area contributed by atoms with E-state index < -0.39 is 0 Å². The Morgan fingerprint density at radius 2 is 1.58 bits per heavy atom. The van der Waals surface area contributed by atoms with Crippen molar-refractivity contribution in [1.29, 1.82) is 0 Å². The number of carbonyl (C=O) groups is 1. The van der Waals surface area contributed by atoms with Gasteiger partial charge in [0, 0.05) is 48.6 Å². The van der Waals surface area contributed by atoms with Crippen LogP contribution < -0.4 is 4.90 Å². The minimum absolute atomic E-state index is 0.133. The van der Waals surface area contributed by atoms with Crippen molar-refractivity contribution in [3.05, 3.63) is 89.7 Å². The quantitative estimate of drug-likeness (QED) is 0.477. The molecule has 1 saturated heterocycles. The molecule has 2 aromatic heterocycles. The lowest BCUT2D eigenvalue weighted by atomic mass is 10.1. The minimum atomic E-state index is 0.133. The van der Waals surface area contributed by atoms with Crippen LogP contribution in [-0.2, 0) is 11.2 Å². The number of nitrogens with zero attached hydrogens (tertiary/aromatic N) is 4. The molecule has 3 heterocycles. The molecule has 0 radical (unpaired) electrons. The number of amides is 1. The lowest BCUT2D eigenvalue weighted by Gasteiger charge is -2.36. The van der Waals surface area contributed by atoms with Gasteiger partial charge in [-0.1, -0.05) is 48.0 Å². The molecule has 0 spiro atoms. The first kappa shape index (κ1) is 19.6. The van der Waals surface area contributed by atoms with Gasteiger partial charge in [-0.2, -0.15) is 0 Å². The minimum Gasteiger partial charge on any atom is -0.368 e. The molecule has 1 fully saturated rings. The van der Waals surface area contributed by atoms with E-state index in [0.717, 1.165) is 48.8 Å². The van der Waals surface area contributed by atoms with E-state index in [-0.39, 0.29) is 5.91 Å². The Morgan fingerprint density at radius 3 is 2.32 bits per heavy atom. The molecule has 2 aromatic carbocycles. The van der Waals surface area contributed by atoms with Crippen LogP contribution in [0.25, 0.3) is 16.9 Å². The third kappa shape index (κ3) is 4.01. The second kappa shape index (κ2) is 8.44. The predicted octanol–water partition coefficient (Wildman–Crippen LogP) is 4.55. The summed E-state index contributed by atoms with van der Waals surface area (Å²) in [5.41, 5.74) is 4.75. The summed E-state index contributed by atoms with van der Waals surface area (Å²) in [5.74, 6) is 0.133. The number of aromatic nitrogens is 2. The molecule has 1 aliphatic rings. The van der Waals surface area contributed by atoms with Gasteiger partial charge in [0.25, 0.3) is 0 Å². The number of benzene rings is 2. The Labute approximate surface area is 186 Å². The summed E-state index contributed by atoms with van der Waals surface area (Å²) in [7, 11) is 0. The Morgan fingerprint density at radius 1 is 0.871 bits per heavy atom. The summed E-state index contributed by atoms with van der Waals surface area (Å²) < 4.78 is 2.02. The molecule has 6 heteroatoms. The molecular formula is C25H23ClN4O. The van der Waals surface area contributed by atoms with Crippen molar-refractivity contribution in [2.45, 2.75) is 6.42 Å². The topological polar surface area (TPSA) is 40.9 Å². The van der Waals surface area contributed by atoms with Crippen LogP contribution in [0.1, 0.15) is 5.69 Å². The SMILES string of the molecule is O=C(Cc1c(-c2ccc(Cl)cc2)nc2ccccn12)N1CCN(c2ccccc2)CC1. The lowest BCUT2D eigenvalue weighted by molar-refractivity contribution is -0.130. The summed E-state index contributed by atoms with van der Waals surface area (Å²) in [6.45, 7) is 3.13. The predicted molar refractivity (Wildman–Crippen MR) is 125 cm³/mol. The Kier molecular flexibility index (Phi) is 5.35. The fraction of sp³-hybridized carbons (Fsp3) is 0.200. The highest BCUT2D eigenvalue weighted by atomic mass is 35.5. The zero-order valence-electron chi connectivity index (χ0n) is 17.1. The van der Waals surface area contributed by atoms with Crippen molar-refractivity contribution in [3.63, 3.8) is 0 Å². The van der Waals surface area contributed by atoms with E-state index in [0.29, 0.717) is 11.4 Å². The van der Waals surface area contributed by atoms with Crippen LogP contribution in [0, 0.1) is 0 Å². The Bertz CT molecular complexity index is 1200. The number of fused-ring (bicyclic) bond motifs is 1. The van der Waals surface area contributed by atoms with Crippen LogP contribution in [0.3, 0.4) is 0 Å². The summed E-state index contributed by atoms with van der Waals surface area (Å²) in [6.07, 6.45) is 2.28. The summed E-state index contributed by atoms with van der Waals surface area (Å²) in [5, 5.41) is 0.682. The Balaban J connectivity index is 1.37. The third-order valence-corrected chi connectivity index (χ3v) is 6.07. The summed E-state index contributed by atoms with van der Waals surface area (Å²) >= 11 is 6.07. The number of imidazole rings is 1. The van der Waals surface area contributed by atoms with Crippen molar-refractivity contribution < 1.29 is 4.79 Å². The number of para-hydroxylation sites is 1. The van der Waals surface area contributed by atoms with Crippen LogP contribution >= 0.6 is 11.6 Å². The summed E-state index contributed by atoms with van der Waals surface area (Å²) in [4.78, 5) is 22.3. The highest BCUT2D eigenvalue weighted by molar-refractivity contribution is 6.30. The van der Waals surface area contributed by atoms with Gasteiger partial charge >= 0.3 is 0 Å². The number of anilines is 1. The molecule has 5 nitrogen and oxygen atoms in total. The normalized spacial score (nSPS) is 14.2. The molecular weight excluding hydrogens is 408 g/mol. The van der Waals surface area contributed by atoms with Gasteiger partial charge in [0.2, 0.25) is 5.91 Å². The molecule has 0 unspecified atom stereocenters. The molecule has 0 saturated carbocycles. The van der Waals surface area contributed by atoms with Gasteiger partial charge in [0.15, 0.2) is 0 Å². The molecule has 1 aliphatic heterocycles. The van der Waals surface area contributed by atoms with Crippen LogP contribution in [0.2, 0.25) is 5.02 Å². The van der Waals surface area contributed by atoms with Crippen LogP contribution in [0.5, 0.6) is 0 Å². The first-order valence-electron chi connectivity index (χ1n) is 10.5. The Hall–Kier alpha value is -3.31. The molecule has 31 heavy (non-hydrogen) atoms. The number of halogens is 1. The van der Waals surface area contributed by atoms with Crippen molar-refractivity contribution >= 4 is 28.8 Å². The fourth-order valence-electron chi connectivity index (χ4n) is 4.16. The largest absolute Gasteiger partial charge is 0.368 e. The maximum atomic E-state index is 13.2. The van der Waals surface area contributed by atoms with Gasteiger partial charge in [-0.05, 0) is 36.4 Å². The van der Waals surface area contributed by atoms with Crippen LogP contribution in [-0.4, -0.2) is 46.4 Å². The van der Waals surface area contributed by atoms with Gasteiger partial charge in [0.05, 0.1) is 17.8 Å². The zero-order valence-corrected chi connectivity index (χ0v) is 17.9. The fourth-order valence-corrected chi connectivity index (χ4v) is 4.29. The molecule has 0 N–H and O–H groups in total. The molecule has 156 valence electrons. The van der Waals surface area contributed by atoms with Gasteiger partial charge in [-0.3, -0.25) is 4.79 Å². The van der Waals surface area contributed by atoms with E-state index >= 15 is 0 Å². The maximum absolute atomic E-state index is 13.2. The second-order valence-corrected chi connectivity index (χ2v) is 8.16. The molecule has 5 rings (SSSR count). The van der Waals surface area contributed by atoms with Crippen molar-refractivity contribution in [2.24, 2.45) is 0 Å². The maximum Gasteiger partial charge on any atom is 0.228 e. The molecule has 1 amide bonds. The second-order valence-electron chi connectivity index (χ2n) is 7.72. The number of piperazine rings is 1. The highest BCUT2D eigenvalue weighted by Gasteiger charge is 2.24. The van der Waals surface area contributed by atoms with Crippen LogP contribution in [0.4, 0.5) is 5.69 Å². The number of hydrogen-bond donors (Lipinski definition) is 0. The van der Waals surface area contributed by atoms with E-state index in [4.69, 9.17) is 16.6 Å². The number of pyridine rings is 1. The molecule has 0 atom stereocenters. The first-order valence-corrected chi connectivity index (χ1v) is 10.9. The van der Waals surface area contributed by atoms with Gasteiger partial charge < -0.3 is 14.2 Å². The number of rotatable bonds is 4. The highest BCUT2D eigenvalue weighted by Crippen LogP contribution is 2.27. The average molecular weight is 431 g/mol. The van der Waals surface area contributed by atoms with E-state index in [1.165, 1.54) is 5.69 Å². The van der Waals surface area contributed by atoms with Crippen molar-refractivity contribution in [3.8, 4) is 11.3 Å². The molecule has 0 aliphatic carbocycles. The first-order chi connectivity index (χ1) is 15.2. The van der Waals surface area contributed by atoms with E-state index in [2.05, 4.69) is 29.2 Å². The smallest absolute Gasteiger partial charge is 0.228 e. The zero-order chi connectivity index (χ0) is 21.2. The molecule has 4 aromatic rings. The van der Waals surface area contributed by atoms with E-state index in [9.17, 15) is 4.79 Å². The van der Waals surface area contributed by atoms with E-state index in [1.807, 2.05) is 64.0 Å². The van der Waals surface area contributed by atoms with Crippen LogP contribution in [0.15, 0.2) is 79.0 Å². The average Bonchev–Trinajstić information content (AvgIpc) is 3.18. The van der Waals surface area contributed by atoms with Gasteiger partial charge in [0.1, 0.15) is 5.65 Å². The van der Waals surface area contributed by atoms with E-state index in [1.54, 1.807) is 0 Å². The number of carbonyl (C=O) groups excluding carboxylic acids is 1. The third-order valence-electron chi connectivity index (χ3n) is 5.82. The standard InChI is InChI=1S/C25H23ClN4O/c26-20-11-9-19(10-12-20)25-22(30-13-5-4-8-23(30)27-25)18-24(31)29-16-14-28(15-17-29)21-6-2-1-3-7-21/h1-13H,14-18H2. The lowest BCUT2D eigenvalue weighted by Crippen LogP contribution is -2.49. The molecule has 0 bridgehead atoms. The summed E-state index contributed by atoms with van der Waals surface area (Å²) in [6, 6.07) is 23.9. The number of hydrogen-bond acceptors (Lipinski definition) is 3. The monoisotopic (exact) mass is 430 g/mol. The van der Waals surface area contributed by atoms with Crippen molar-refractivity contribution in [1.82, 2.24) is 14.3 Å². The van der Waals surface area contributed by atoms with Gasteiger partial charge in [-0.15, -0.1) is 0 Å². The van der Waals surface area contributed by atoms with Crippen molar-refractivity contribution in [2.75, 3.05) is 31.1 Å². The van der Waals surface area contributed by atoms with Gasteiger partial charge in [-0.25, -0.2) is 4.98 Å².